The van der Waals surface area contributed by atoms with E-state index in [4.69, 9.17) is 23.2 Å². The Labute approximate surface area is 321 Å². The van der Waals surface area contributed by atoms with E-state index in [2.05, 4.69) is 4.74 Å². The lowest BCUT2D eigenvalue weighted by molar-refractivity contribution is -0.392. The molecule has 21 heteroatoms. The van der Waals surface area contributed by atoms with Gasteiger partial charge in [-0.05, 0) is 61.2 Å². The summed E-state index contributed by atoms with van der Waals surface area (Å²) in [6, 6.07) is 8.01. The minimum Gasteiger partial charge on any atom is -0.508 e. The van der Waals surface area contributed by atoms with Crippen molar-refractivity contribution in [3.63, 3.8) is 0 Å². The predicted octanol–water partition coefficient (Wildman–Crippen LogP) is 6.08. The van der Waals surface area contributed by atoms with E-state index in [-0.39, 0.29) is 17.7 Å². The number of fused-ring (bicyclic) bond motifs is 4. The number of nitro benzene ring substituents is 2. The maximum absolute atomic E-state index is 14.5. The van der Waals surface area contributed by atoms with Crippen molar-refractivity contribution in [1.29, 1.82) is 0 Å². The third kappa shape index (κ3) is 5.54. The fourth-order valence-electron chi connectivity index (χ4n) is 8.42. The molecule has 15 nitrogen and oxygen atoms in total. The van der Waals surface area contributed by atoms with E-state index in [0.717, 1.165) is 59.5 Å². The number of benzene rings is 3. The van der Waals surface area contributed by atoms with Crippen molar-refractivity contribution in [2.45, 2.75) is 34.9 Å². The molecule has 2 heterocycles. The molecule has 3 aromatic carbocycles. The first-order valence-electron chi connectivity index (χ1n) is 16.4. The van der Waals surface area contributed by atoms with Crippen molar-refractivity contribution >= 4 is 75.3 Å². The second-order valence-corrected chi connectivity index (χ2v) is 15.0. The van der Waals surface area contributed by atoms with E-state index in [1.807, 2.05) is 0 Å². The van der Waals surface area contributed by atoms with Crippen molar-refractivity contribution in [1.82, 2.24) is 0 Å². The number of halogens is 6. The van der Waals surface area contributed by atoms with Gasteiger partial charge in [0.25, 0.3) is 11.8 Å². The number of nitro groups is 2. The van der Waals surface area contributed by atoms with Gasteiger partial charge in [-0.3, -0.25) is 39.4 Å². The zero-order valence-corrected chi connectivity index (χ0v) is 30.1. The molecule has 2 saturated heterocycles. The van der Waals surface area contributed by atoms with E-state index in [1.54, 1.807) is 0 Å². The van der Waals surface area contributed by atoms with E-state index < -0.39 is 125 Å². The molecule has 1 saturated carbocycles. The van der Waals surface area contributed by atoms with Crippen LogP contribution in [0.5, 0.6) is 11.5 Å². The Balaban J connectivity index is 1.41. The highest BCUT2D eigenvalue weighted by Crippen LogP contribution is 2.67. The summed E-state index contributed by atoms with van der Waals surface area (Å²) in [6.07, 6.45) is -4.76. The minimum absolute atomic E-state index is 0.0296. The molecule has 292 valence electrons. The lowest BCUT2D eigenvalue weighted by Gasteiger charge is -2.50. The molecule has 0 spiro atoms. The Bertz CT molecular complexity index is 2290. The highest BCUT2D eigenvalue weighted by molar-refractivity contribution is 6.58. The molecule has 0 bridgehead atoms. The minimum atomic E-state index is -5.22. The van der Waals surface area contributed by atoms with Gasteiger partial charge in [0.05, 0.1) is 33.1 Å². The van der Waals surface area contributed by atoms with Crippen molar-refractivity contribution in [3.05, 3.63) is 97.9 Å². The maximum Gasteiger partial charge on any atom is 0.573 e. The summed E-state index contributed by atoms with van der Waals surface area (Å²) >= 11 is 14.4. The first kappa shape index (κ1) is 38.5. The number of alkyl halides is 5. The van der Waals surface area contributed by atoms with Crippen LogP contribution in [0, 0.1) is 43.8 Å². The highest BCUT2D eigenvalue weighted by Gasteiger charge is 2.77. The number of phenols is 1. The number of hydrogen-bond acceptors (Lipinski definition) is 11. The first-order valence-corrected chi connectivity index (χ1v) is 17.2. The van der Waals surface area contributed by atoms with Crippen LogP contribution in [0.25, 0.3) is 0 Å². The summed E-state index contributed by atoms with van der Waals surface area (Å²) in [5.74, 6) is -12.5. The number of aromatic hydroxyl groups is 1. The number of imide groups is 2. The fraction of sp³-hybridized carbons (Fsp3) is 0.314. The average Bonchev–Trinajstić information content (AvgIpc) is 3.45. The standard InChI is InChI=1S/C35H25Cl2F4N5O10/c1-42(2)28-23(45(52)53)11-17(12-24(28)46(54)55)43-29(48)20-9-8-19-22(26(20)30(43)49)14-33(36)31(50)44(16-5-3-15(38)4-6-16)32(51)34(33,37)27(19)21-13-18(7-10-25(21)47)56-35(39,40)41/h3-8,10-13,20,22,26-27,47H,9,14H2,1-2H3/t20-,22+,26-,27+,33+,34-/m0/s1. The zero-order chi connectivity index (χ0) is 41.0. The molecule has 4 aliphatic rings. The fourth-order valence-corrected chi connectivity index (χ4v) is 9.34. The molecule has 2 aliphatic carbocycles. The van der Waals surface area contributed by atoms with Crippen molar-refractivity contribution in [2.75, 3.05) is 28.8 Å². The lowest BCUT2D eigenvalue weighted by atomic mass is 9.56. The summed E-state index contributed by atoms with van der Waals surface area (Å²) in [4.78, 5) is 76.9. The Morgan fingerprint density at radius 3 is 2.04 bits per heavy atom. The summed E-state index contributed by atoms with van der Waals surface area (Å²) in [5, 5.41) is 35.4. The average molecular weight is 823 g/mol. The first-order chi connectivity index (χ1) is 26.1. The van der Waals surface area contributed by atoms with Gasteiger partial charge in [-0.1, -0.05) is 11.6 Å². The molecule has 7 rings (SSSR count). The number of carbonyl (C=O) groups is 4. The molecule has 3 fully saturated rings. The molecule has 1 N–H and O–H groups in total. The van der Waals surface area contributed by atoms with Crippen LogP contribution in [0.1, 0.15) is 24.3 Å². The molecule has 0 aromatic heterocycles. The van der Waals surface area contributed by atoms with Gasteiger partial charge in [0.15, 0.2) is 15.4 Å². The monoisotopic (exact) mass is 821 g/mol. The number of rotatable bonds is 7. The Morgan fingerprint density at radius 2 is 1.48 bits per heavy atom. The second kappa shape index (κ2) is 12.9. The second-order valence-electron chi connectivity index (χ2n) is 13.8. The van der Waals surface area contributed by atoms with Gasteiger partial charge in [0.1, 0.15) is 17.3 Å². The predicted molar refractivity (Wildman–Crippen MR) is 188 cm³/mol. The normalized spacial score (nSPS) is 27.1. The molecule has 0 unspecified atom stereocenters. The van der Waals surface area contributed by atoms with Gasteiger partial charge in [-0.25, -0.2) is 14.2 Å². The molecular weight excluding hydrogens is 797 g/mol. The number of nitrogens with zero attached hydrogens (tertiary/aromatic N) is 5. The number of ether oxygens (including phenoxy) is 1. The largest absolute Gasteiger partial charge is 0.573 e. The van der Waals surface area contributed by atoms with Crippen molar-refractivity contribution in [2.24, 2.45) is 17.8 Å². The molecule has 2 aliphatic heterocycles. The highest BCUT2D eigenvalue weighted by atomic mass is 35.5. The maximum atomic E-state index is 14.5. The van der Waals surface area contributed by atoms with Gasteiger partial charge in [0.2, 0.25) is 11.8 Å². The Kier molecular flexibility index (Phi) is 8.84. The summed E-state index contributed by atoms with van der Waals surface area (Å²) in [6.45, 7) is 0. The molecule has 4 amide bonds. The SMILES string of the molecule is CN(C)c1c([N+](=O)[O-])cc(N2C(=O)[C@H]3[C@H](CC=C4[C@H]3C[C@@]3(Cl)C(=O)N(c5ccc(F)cc5)C(=O)[C@@]3(Cl)[C@H]4c3cc(OC(F)(F)F)ccc3O)C2=O)cc1[N+](=O)[O-]. The number of phenolic OH excluding ortho intramolecular Hbond substituents is 1. The third-order valence-electron chi connectivity index (χ3n) is 10.6. The van der Waals surface area contributed by atoms with Crippen molar-refractivity contribution < 1.29 is 56.4 Å². The third-order valence-corrected chi connectivity index (χ3v) is 12.0. The van der Waals surface area contributed by atoms with Gasteiger partial charge < -0.3 is 14.7 Å². The number of carbonyl (C=O) groups excluding carboxylic acids is 4. The number of hydrogen-bond donors (Lipinski definition) is 1. The number of allylic oxidation sites excluding steroid dienone is 2. The molecule has 0 radical (unpaired) electrons. The summed E-state index contributed by atoms with van der Waals surface area (Å²) in [5.41, 5.74) is -3.16. The Hall–Kier alpha value is -5.82. The van der Waals surface area contributed by atoms with Gasteiger partial charge in [-0.2, -0.15) is 0 Å². The van der Waals surface area contributed by atoms with Gasteiger partial charge in [-0.15, -0.1) is 36.4 Å². The zero-order valence-electron chi connectivity index (χ0n) is 28.6. The summed E-state index contributed by atoms with van der Waals surface area (Å²) < 4.78 is 58.2. The van der Waals surface area contributed by atoms with E-state index in [9.17, 15) is 62.1 Å². The molecule has 56 heavy (non-hydrogen) atoms. The smallest absolute Gasteiger partial charge is 0.508 e. The molecule has 3 aromatic rings. The van der Waals surface area contributed by atoms with Crippen LogP contribution in [0.3, 0.4) is 0 Å². The topological polar surface area (TPSA) is 194 Å². The van der Waals surface area contributed by atoms with Gasteiger partial charge >= 0.3 is 17.7 Å². The summed E-state index contributed by atoms with van der Waals surface area (Å²) in [7, 11) is 2.63. The van der Waals surface area contributed by atoms with Gasteiger partial charge in [0, 0.05) is 37.7 Å². The lowest BCUT2D eigenvalue weighted by Crippen LogP contribution is -2.60. The number of anilines is 3. The van der Waals surface area contributed by atoms with Crippen LogP contribution in [-0.2, 0) is 19.2 Å². The quantitative estimate of drug-likeness (QED) is 0.0725. The Morgan fingerprint density at radius 1 is 0.875 bits per heavy atom. The van der Waals surface area contributed by atoms with Crippen LogP contribution >= 0.6 is 23.2 Å². The van der Waals surface area contributed by atoms with Crippen molar-refractivity contribution in [3.8, 4) is 11.5 Å². The van der Waals surface area contributed by atoms with Crippen LogP contribution in [0.4, 0.5) is 46.0 Å². The van der Waals surface area contributed by atoms with E-state index in [0.29, 0.717) is 9.80 Å². The molecule has 6 atom stereocenters. The van der Waals surface area contributed by atoms with E-state index >= 15 is 0 Å². The van der Waals surface area contributed by atoms with Crippen LogP contribution < -0.4 is 19.4 Å². The number of amides is 4. The molecular formula is C35H25Cl2F4N5O10. The van der Waals surface area contributed by atoms with Crippen LogP contribution in [-0.4, -0.2) is 68.8 Å². The van der Waals surface area contributed by atoms with Crippen LogP contribution in [0.15, 0.2) is 66.2 Å². The van der Waals surface area contributed by atoms with Crippen LogP contribution in [0.2, 0.25) is 0 Å². The van der Waals surface area contributed by atoms with E-state index in [1.165, 1.54) is 20.2 Å².